The van der Waals surface area contributed by atoms with Crippen molar-refractivity contribution in [2.75, 3.05) is 5.52 Å². The Bertz CT molecular complexity index is 581. The first kappa shape index (κ1) is 16.8. The number of carbonyl (C=O) groups is 1. The molecular weight excluding hydrogens is 346 g/mol. The average Bonchev–Trinajstić information content (AvgIpc) is 2.62. The van der Waals surface area contributed by atoms with Crippen molar-refractivity contribution in [3.63, 3.8) is 0 Å². The topological polar surface area (TPSA) is 54.3 Å². The maximum absolute atomic E-state index is 12.8. The Labute approximate surface area is 139 Å². The van der Waals surface area contributed by atoms with Crippen molar-refractivity contribution in [1.29, 1.82) is 0 Å². The number of hydrogen-bond donors (Lipinski definition) is 0. The molecule has 0 amide bonds. The molecule has 0 saturated heterocycles. The highest BCUT2D eigenvalue weighted by atomic mass is 79.9. The van der Waals surface area contributed by atoms with Gasteiger partial charge in [0.2, 0.25) is 11.5 Å². The summed E-state index contributed by atoms with van der Waals surface area (Å²) in [6.45, 7) is 6.42. The number of Topliss-reactive ketones (excluding diaryl/α,β-unsaturated/α-hetero) is 1. The van der Waals surface area contributed by atoms with Gasteiger partial charge in [-0.3, -0.25) is 4.79 Å². The summed E-state index contributed by atoms with van der Waals surface area (Å²) in [5, 5.41) is 7.74. The summed E-state index contributed by atoms with van der Waals surface area (Å²) in [7, 11) is 0. The summed E-state index contributed by atoms with van der Waals surface area (Å²) in [5.41, 5.74) is -0.344. The van der Waals surface area contributed by atoms with Gasteiger partial charge in [-0.2, -0.15) is 5.10 Å². The van der Waals surface area contributed by atoms with E-state index >= 15 is 0 Å². The van der Waals surface area contributed by atoms with Crippen LogP contribution in [-0.4, -0.2) is 34.5 Å². The summed E-state index contributed by atoms with van der Waals surface area (Å²) >= 11 is 3.29. The molecule has 0 bridgehead atoms. The third-order valence-corrected chi connectivity index (χ3v) is 3.88. The van der Waals surface area contributed by atoms with Gasteiger partial charge in [0.1, 0.15) is 11.9 Å². The number of rotatable bonds is 4. The zero-order valence-electron chi connectivity index (χ0n) is 13.0. The Hall–Kier alpha value is -1.53. The van der Waals surface area contributed by atoms with Crippen molar-refractivity contribution in [3.05, 3.63) is 35.9 Å². The van der Waals surface area contributed by atoms with Gasteiger partial charge in [0.15, 0.2) is 0 Å². The molecule has 6 heteroatoms. The molecule has 0 fully saturated rings. The summed E-state index contributed by atoms with van der Waals surface area (Å²) in [4.78, 5) is 14.6. The lowest BCUT2D eigenvalue weighted by molar-refractivity contribution is -0.183. The van der Waals surface area contributed by atoms with Crippen molar-refractivity contribution in [3.8, 4) is 0 Å². The van der Waals surface area contributed by atoms with E-state index in [0.29, 0.717) is 6.54 Å². The van der Waals surface area contributed by atoms with Gasteiger partial charge in [-0.15, -0.1) is 5.10 Å². The third kappa shape index (κ3) is 3.13. The zero-order valence-corrected chi connectivity index (χ0v) is 14.6. The molecule has 1 aromatic rings. The fourth-order valence-electron chi connectivity index (χ4n) is 2.67. The third-order valence-electron chi connectivity index (χ3n) is 3.65. The number of alkyl halides is 1. The van der Waals surface area contributed by atoms with Crippen LogP contribution >= 0.6 is 15.9 Å². The molecule has 0 aliphatic carbocycles. The Morgan fingerprint density at radius 1 is 1.23 bits per heavy atom. The molecule has 1 aliphatic heterocycles. The van der Waals surface area contributed by atoms with Crippen LogP contribution in [0, 0.1) is 5.41 Å². The van der Waals surface area contributed by atoms with Crippen molar-refractivity contribution in [2.24, 2.45) is 15.6 Å². The van der Waals surface area contributed by atoms with Gasteiger partial charge in [0.25, 0.3) is 0 Å². The van der Waals surface area contributed by atoms with E-state index in [2.05, 4.69) is 26.1 Å². The van der Waals surface area contributed by atoms with Gasteiger partial charge in [-0.05, 0) is 5.56 Å². The number of carbonyl (C=O) groups excluding carboxylic acids is 1. The molecule has 1 heterocycles. The van der Waals surface area contributed by atoms with Crippen molar-refractivity contribution >= 4 is 34.3 Å². The van der Waals surface area contributed by atoms with Crippen molar-refractivity contribution in [1.82, 2.24) is 4.90 Å². The van der Waals surface area contributed by atoms with E-state index in [1.54, 1.807) is 6.34 Å². The smallest absolute Gasteiger partial charge is 0.228 e. The molecular formula is C16H20BrN3O2. The van der Waals surface area contributed by atoms with Crippen LogP contribution in [0.5, 0.6) is 0 Å². The van der Waals surface area contributed by atoms with Crippen LogP contribution in [0.25, 0.3) is 0 Å². The van der Waals surface area contributed by atoms with Crippen LogP contribution in [0.3, 0.4) is 0 Å². The summed E-state index contributed by atoms with van der Waals surface area (Å²) in [6.07, 6.45) is 2.80. The van der Waals surface area contributed by atoms with Gasteiger partial charge >= 0.3 is 0 Å². The fraction of sp³-hybridized carbons (Fsp3) is 0.438. The molecule has 118 valence electrons. The summed E-state index contributed by atoms with van der Waals surface area (Å²) in [5.74, 6) is -0.215. The van der Waals surface area contributed by atoms with E-state index < -0.39 is 11.1 Å². The minimum absolute atomic E-state index is 0.215. The number of ketones is 1. The Morgan fingerprint density at radius 2 is 1.91 bits per heavy atom. The molecule has 1 unspecified atom stereocenters. The molecule has 0 radical (unpaired) electrons. The van der Waals surface area contributed by atoms with E-state index in [9.17, 15) is 4.79 Å². The minimum Gasteiger partial charge on any atom is -0.336 e. The number of nitrogens with zero attached hydrogens (tertiary/aromatic N) is 3. The van der Waals surface area contributed by atoms with Crippen LogP contribution in [-0.2, 0) is 16.1 Å². The van der Waals surface area contributed by atoms with Crippen molar-refractivity contribution in [2.45, 2.75) is 33.0 Å². The van der Waals surface area contributed by atoms with Gasteiger partial charge in [0.05, 0.1) is 6.21 Å². The quantitative estimate of drug-likeness (QED) is 0.769. The maximum atomic E-state index is 12.8. The first-order valence-electron chi connectivity index (χ1n) is 7.03. The van der Waals surface area contributed by atoms with Crippen molar-refractivity contribution < 1.29 is 9.53 Å². The van der Waals surface area contributed by atoms with E-state index in [0.717, 1.165) is 5.56 Å². The molecule has 0 aromatic heterocycles. The molecule has 0 N–H and O–H groups in total. The fourth-order valence-corrected chi connectivity index (χ4v) is 3.00. The summed E-state index contributed by atoms with van der Waals surface area (Å²) in [6, 6.07) is 9.90. The van der Waals surface area contributed by atoms with Gasteiger partial charge < -0.3 is 9.64 Å². The monoisotopic (exact) mass is 365 g/mol. The standard InChI is InChI=1S/C16H20BrN3O2/c1-15(2,3)16(22-11-17)14(21)9-18-19-12-20(16)10-13-7-5-4-6-8-13/h4-9,12H,10-11H2,1-3H3. The second kappa shape index (κ2) is 6.71. The highest BCUT2D eigenvalue weighted by molar-refractivity contribution is 9.09. The number of hydrogen-bond acceptors (Lipinski definition) is 5. The van der Waals surface area contributed by atoms with Gasteiger partial charge in [-0.1, -0.05) is 67.0 Å². The molecule has 0 spiro atoms. The van der Waals surface area contributed by atoms with Crippen LogP contribution in [0.1, 0.15) is 26.3 Å². The Balaban J connectivity index is 2.48. The molecule has 5 nitrogen and oxygen atoms in total. The predicted molar refractivity (Wildman–Crippen MR) is 91.0 cm³/mol. The maximum Gasteiger partial charge on any atom is 0.228 e. The molecule has 1 aliphatic rings. The zero-order chi connectivity index (χ0) is 16.2. The molecule has 1 aromatic carbocycles. The minimum atomic E-state index is -1.17. The van der Waals surface area contributed by atoms with Gasteiger partial charge in [0, 0.05) is 12.0 Å². The van der Waals surface area contributed by atoms with E-state index in [-0.39, 0.29) is 11.3 Å². The SMILES string of the molecule is CC(C)(C)C1(OCBr)C(=O)C=NN=CN1Cc1ccccc1. The molecule has 22 heavy (non-hydrogen) atoms. The highest BCUT2D eigenvalue weighted by Gasteiger charge is 2.53. The second-order valence-corrected chi connectivity index (χ2v) is 6.56. The largest absolute Gasteiger partial charge is 0.336 e. The van der Waals surface area contributed by atoms with E-state index in [4.69, 9.17) is 4.74 Å². The average molecular weight is 366 g/mol. The normalized spacial score (nSPS) is 22.0. The molecule has 1 atom stereocenters. The lowest BCUT2D eigenvalue weighted by Gasteiger charge is -2.47. The molecule has 0 saturated carbocycles. The highest BCUT2D eigenvalue weighted by Crippen LogP contribution is 2.39. The number of ether oxygens (including phenoxy) is 1. The van der Waals surface area contributed by atoms with Gasteiger partial charge in [-0.25, -0.2) is 0 Å². The Morgan fingerprint density at radius 3 is 2.50 bits per heavy atom. The van der Waals surface area contributed by atoms with Crippen LogP contribution in [0.2, 0.25) is 0 Å². The van der Waals surface area contributed by atoms with Crippen LogP contribution in [0.15, 0.2) is 40.5 Å². The molecule has 2 rings (SSSR count). The lowest BCUT2D eigenvalue weighted by Crippen LogP contribution is -2.63. The number of benzene rings is 1. The lowest BCUT2D eigenvalue weighted by atomic mass is 9.79. The van der Waals surface area contributed by atoms with E-state index in [1.165, 1.54) is 6.21 Å². The van der Waals surface area contributed by atoms with Crippen LogP contribution in [0.4, 0.5) is 0 Å². The predicted octanol–water partition coefficient (Wildman–Crippen LogP) is 3.20. The Kier molecular flexibility index (Phi) is 5.13. The number of halogens is 1. The summed E-state index contributed by atoms with van der Waals surface area (Å²) < 4.78 is 5.92. The first-order chi connectivity index (χ1) is 10.4. The second-order valence-electron chi connectivity index (χ2n) is 6.10. The van der Waals surface area contributed by atoms with E-state index in [1.807, 2.05) is 56.0 Å². The van der Waals surface area contributed by atoms with Crippen LogP contribution < -0.4 is 0 Å². The first-order valence-corrected chi connectivity index (χ1v) is 8.15.